The van der Waals surface area contributed by atoms with E-state index < -0.39 is 5.41 Å². The number of carbonyl (C=O) groups excluding carboxylic acids is 1. The van der Waals surface area contributed by atoms with Gasteiger partial charge in [-0.2, -0.15) is 0 Å². The van der Waals surface area contributed by atoms with Crippen LogP contribution < -0.4 is 5.32 Å². The zero-order valence-electron chi connectivity index (χ0n) is 12.7. The quantitative estimate of drug-likeness (QED) is 0.927. The smallest absolute Gasteiger partial charge is 0.229 e. The third-order valence-electron chi connectivity index (χ3n) is 4.80. The largest absolute Gasteiger partial charge is 0.350 e. The second kappa shape index (κ2) is 5.78. The Morgan fingerprint density at radius 3 is 2.57 bits per heavy atom. The van der Waals surface area contributed by atoms with Crippen LogP contribution in [0.25, 0.3) is 0 Å². The van der Waals surface area contributed by atoms with Crippen molar-refractivity contribution < 1.29 is 14.3 Å². The van der Waals surface area contributed by atoms with E-state index in [-0.39, 0.29) is 24.3 Å². The van der Waals surface area contributed by atoms with Gasteiger partial charge in [-0.1, -0.05) is 36.8 Å². The Balaban J connectivity index is 1.69. The molecule has 0 radical (unpaired) electrons. The van der Waals surface area contributed by atoms with Crippen molar-refractivity contribution in [3.63, 3.8) is 0 Å². The van der Waals surface area contributed by atoms with Crippen molar-refractivity contribution in [3.05, 3.63) is 35.9 Å². The Bertz CT molecular complexity index is 498. The molecule has 1 amide bonds. The lowest BCUT2D eigenvalue weighted by atomic mass is 9.64. The second-order valence-corrected chi connectivity index (χ2v) is 6.14. The van der Waals surface area contributed by atoms with Gasteiger partial charge in [-0.3, -0.25) is 4.79 Å². The van der Waals surface area contributed by atoms with Gasteiger partial charge in [0.1, 0.15) is 0 Å². The Morgan fingerprint density at radius 1 is 1.33 bits per heavy atom. The van der Waals surface area contributed by atoms with E-state index in [1.807, 2.05) is 44.2 Å². The van der Waals surface area contributed by atoms with E-state index in [0.29, 0.717) is 6.61 Å². The van der Waals surface area contributed by atoms with Crippen LogP contribution >= 0.6 is 0 Å². The third-order valence-corrected chi connectivity index (χ3v) is 4.80. The van der Waals surface area contributed by atoms with Crippen LogP contribution in [-0.2, 0) is 14.3 Å². The molecule has 0 aromatic heterocycles. The zero-order valence-corrected chi connectivity index (χ0v) is 12.7. The molecule has 3 atom stereocenters. The molecule has 4 nitrogen and oxygen atoms in total. The van der Waals surface area contributed by atoms with E-state index in [4.69, 9.17) is 9.47 Å². The van der Waals surface area contributed by atoms with Gasteiger partial charge in [-0.05, 0) is 32.3 Å². The number of rotatable bonds is 4. The highest BCUT2D eigenvalue weighted by atomic mass is 16.7. The van der Waals surface area contributed by atoms with E-state index in [0.717, 1.165) is 24.8 Å². The molecule has 1 saturated heterocycles. The van der Waals surface area contributed by atoms with Crippen molar-refractivity contribution in [3.8, 4) is 0 Å². The topological polar surface area (TPSA) is 47.6 Å². The highest BCUT2D eigenvalue weighted by molar-refractivity contribution is 5.84. The zero-order chi connectivity index (χ0) is 14.9. The molecular formula is C17H23NO3. The van der Waals surface area contributed by atoms with Crippen molar-refractivity contribution in [1.29, 1.82) is 0 Å². The lowest BCUT2D eigenvalue weighted by molar-refractivity contribution is -0.151. The predicted molar refractivity (Wildman–Crippen MR) is 79.6 cm³/mol. The highest BCUT2D eigenvalue weighted by Gasteiger charge is 2.53. The molecule has 0 spiro atoms. The standard InChI is InChI=1S/C17H23NO3/c1-12(14-7-4-3-5-8-14)18-16(19)17(9-6-10-17)15-11-20-13(2)21-15/h3-5,7-8,12-13,15H,6,9-11H2,1-2H3,(H,18,19)/t12-,13?,15?/m1/s1. The SMILES string of the molecule is CC1OCC(C2(C(=O)N[C@H](C)c3ccccc3)CCC2)O1. The second-order valence-electron chi connectivity index (χ2n) is 6.14. The maximum Gasteiger partial charge on any atom is 0.229 e. The molecule has 0 bridgehead atoms. The van der Waals surface area contributed by atoms with E-state index in [2.05, 4.69) is 5.32 Å². The van der Waals surface area contributed by atoms with E-state index >= 15 is 0 Å². The molecule has 1 heterocycles. The molecule has 1 aromatic carbocycles. The summed E-state index contributed by atoms with van der Waals surface area (Å²) in [5.41, 5.74) is 0.727. The molecule has 1 aliphatic carbocycles. The molecule has 1 aliphatic heterocycles. The van der Waals surface area contributed by atoms with Gasteiger partial charge in [-0.25, -0.2) is 0 Å². The van der Waals surface area contributed by atoms with E-state index in [1.165, 1.54) is 0 Å². The van der Waals surface area contributed by atoms with Crippen LogP contribution in [0.4, 0.5) is 0 Å². The number of hydrogen-bond acceptors (Lipinski definition) is 3. The number of hydrogen-bond donors (Lipinski definition) is 1. The van der Waals surface area contributed by atoms with Crippen LogP contribution in [0.5, 0.6) is 0 Å². The van der Waals surface area contributed by atoms with Crippen molar-refractivity contribution >= 4 is 5.91 Å². The number of nitrogens with one attached hydrogen (secondary N) is 1. The lowest BCUT2D eigenvalue weighted by Gasteiger charge is -2.44. The summed E-state index contributed by atoms with van der Waals surface area (Å²) >= 11 is 0. The van der Waals surface area contributed by atoms with Gasteiger partial charge in [-0.15, -0.1) is 0 Å². The molecule has 1 saturated carbocycles. The summed E-state index contributed by atoms with van der Waals surface area (Å²) in [6.07, 6.45) is 2.56. The molecule has 114 valence electrons. The fraction of sp³-hybridized carbons (Fsp3) is 0.588. The van der Waals surface area contributed by atoms with Crippen LogP contribution in [0.1, 0.15) is 44.7 Å². The first-order valence-corrected chi connectivity index (χ1v) is 7.75. The molecule has 21 heavy (non-hydrogen) atoms. The van der Waals surface area contributed by atoms with Crippen LogP contribution in [0, 0.1) is 5.41 Å². The Hall–Kier alpha value is -1.39. The van der Waals surface area contributed by atoms with Gasteiger partial charge >= 0.3 is 0 Å². The summed E-state index contributed by atoms with van der Waals surface area (Å²) in [5.74, 6) is 0.104. The van der Waals surface area contributed by atoms with Crippen LogP contribution in [0.15, 0.2) is 30.3 Å². The van der Waals surface area contributed by atoms with Crippen LogP contribution in [0.2, 0.25) is 0 Å². The molecule has 2 unspecified atom stereocenters. The van der Waals surface area contributed by atoms with Gasteiger partial charge < -0.3 is 14.8 Å². The van der Waals surface area contributed by atoms with Crippen molar-refractivity contribution in [1.82, 2.24) is 5.32 Å². The van der Waals surface area contributed by atoms with Crippen molar-refractivity contribution in [2.45, 2.75) is 51.5 Å². The van der Waals surface area contributed by atoms with Gasteiger partial charge in [0.2, 0.25) is 5.91 Å². The summed E-state index contributed by atoms with van der Waals surface area (Å²) in [7, 11) is 0. The summed E-state index contributed by atoms with van der Waals surface area (Å²) in [4.78, 5) is 12.8. The summed E-state index contributed by atoms with van der Waals surface area (Å²) < 4.78 is 11.3. The lowest BCUT2D eigenvalue weighted by Crippen LogP contribution is -2.54. The normalized spacial score (nSPS) is 28.7. The Labute approximate surface area is 125 Å². The molecular weight excluding hydrogens is 266 g/mol. The van der Waals surface area contributed by atoms with Crippen molar-refractivity contribution in [2.75, 3.05) is 6.61 Å². The maximum absolute atomic E-state index is 12.8. The van der Waals surface area contributed by atoms with Gasteiger partial charge in [0.15, 0.2) is 6.29 Å². The molecule has 4 heteroatoms. The summed E-state index contributed by atoms with van der Waals surface area (Å²) in [5, 5.41) is 3.16. The Morgan fingerprint density at radius 2 is 2.05 bits per heavy atom. The fourth-order valence-electron chi connectivity index (χ4n) is 3.24. The van der Waals surface area contributed by atoms with Crippen LogP contribution in [0.3, 0.4) is 0 Å². The minimum absolute atomic E-state index is 0.0101. The number of ether oxygens (including phenoxy) is 2. The van der Waals surface area contributed by atoms with Crippen LogP contribution in [-0.4, -0.2) is 24.9 Å². The average Bonchev–Trinajstić information content (AvgIpc) is 2.85. The molecule has 1 N–H and O–H groups in total. The van der Waals surface area contributed by atoms with Gasteiger partial charge in [0, 0.05) is 0 Å². The first kappa shape index (κ1) is 14.5. The minimum Gasteiger partial charge on any atom is -0.350 e. The summed E-state index contributed by atoms with van der Waals surface area (Å²) in [6, 6.07) is 10.1. The molecule has 1 aromatic rings. The third kappa shape index (κ3) is 2.70. The fourth-order valence-corrected chi connectivity index (χ4v) is 3.24. The monoisotopic (exact) mass is 289 g/mol. The highest BCUT2D eigenvalue weighted by Crippen LogP contribution is 2.47. The first-order chi connectivity index (χ1) is 10.1. The Kier molecular flexibility index (Phi) is 4.00. The molecule has 2 fully saturated rings. The minimum atomic E-state index is -0.395. The van der Waals surface area contributed by atoms with E-state index in [1.54, 1.807) is 0 Å². The molecule has 3 rings (SSSR count). The number of benzene rings is 1. The number of carbonyl (C=O) groups is 1. The first-order valence-electron chi connectivity index (χ1n) is 7.75. The predicted octanol–water partition coefficient (Wildman–Crippen LogP) is 2.80. The van der Waals surface area contributed by atoms with Gasteiger partial charge in [0.25, 0.3) is 0 Å². The van der Waals surface area contributed by atoms with Gasteiger partial charge in [0.05, 0.1) is 24.2 Å². The maximum atomic E-state index is 12.8. The molecule has 2 aliphatic rings. The summed E-state index contributed by atoms with van der Waals surface area (Å²) in [6.45, 7) is 4.43. The number of amides is 1. The van der Waals surface area contributed by atoms with Crippen molar-refractivity contribution in [2.24, 2.45) is 5.41 Å². The van der Waals surface area contributed by atoms with E-state index in [9.17, 15) is 4.79 Å². The average molecular weight is 289 g/mol.